The summed E-state index contributed by atoms with van der Waals surface area (Å²) in [4.78, 5) is 23.7. The van der Waals surface area contributed by atoms with Crippen molar-refractivity contribution >= 4 is 28.9 Å². The number of para-hydroxylation sites is 1. The number of anilines is 2. The third-order valence-corrected chi connectivity index (χ3v) is 3.02. The van der Waals surface area contributed by atoms with E-state index in [1.807, 2.05) is 6.92 Å². The molecule has 6 nitrogen and oxygen atoms in total. The molecule has 0 saturated carbocycles. The number of halogens is 1. The summed E-state index contributed by atoms with van der Waals surface area (Å²) in [5.41, 5.74) is 0.787. The van der Waals surface area contributed by atoms with Crippen LogP contribution in [0.5, 0.6) is 0 Å². The van der Waals surface area contributed by atoms with Crippen LogP contribution < -0.4 is 16.2 Å². The standard InChI is InChI=1S/C14H15ClN4O2/c1-2-16-10-7-14(21)19(17-8-10)9-13(20)18-12-6-4-3-5-11(12)15/h3-8,16H,2,9H2,1H3,(H,18,20). The lowest BCUT2D eigenvalue weighted by atomic mass is 10.3. The molecular formula is C14H15ClN4O2. The number of rotatable bonds is 5. The minimum absolute atomic E-state index is 0.170. The van der Waals surface area contributed by atoms with Crippen molar-refractivity contribution in [1.82, 2.24) is 9.78 Å². The zero-order chi connectivity index (χ0) is 15.2. The second kappa shape index (κ2) is 6.90. The molecule has 0 fully saturated rings. The first-order valence-electron chi connectivity index (χ1n) is 6.45. The van der Waals surface area contributed by atoms with Crippen LogP contribution in [0.1, 0.15) is 6.92 Å². The molecule has 1 aromatic carbocycles. The molecule has 0 aliphatic carbocycles. The van der Waals surface area contributed by atoms with E-state index in [0.29, 0.717) is 22.9 Å². The van der Waals surface area contributed by atoms with Crippen molar-refractivity contribution in [1.29, 1.82) is 0 Å². The normalized spacial score (nSPS) is 10.2. The summed E-state index contributed by atoms with van der Waals surface area (Å²) >= 11 is 5.95. The maximum Gasteiger partial charge on any atom is 0.269 e. The van der Waals surface area contributed by atoms with Crippen LogP contribution in [0.25, 0.3) is 0 Å². The van der Waals surface area contributed by atoms with Gasteiger partial charge in [0.1, 0.15) is 6.54 Å². The summed E-state index contributed by atoms with van der Waals surface area (Å²) in [6, 6.07) is 8.29. The third kappa shape index (κ3) is 4.06. The van der Waals surface area contributed by atoms with E-state index >= 15 is 0 Å². The van der Waals surface area contributed by atoms with Gasteiger partial charge in [-0.2, -0.15) is 5.10 Å². The quantitative estimate of drug-likeness (QED) is 0.885. The fraction of sp³-hybridized carbons (Fsp3) is 0.214. The van der Waals surface area contributed by atoms with Crippen molar-refractivity contribution in [2.45, 2.75) is 13.5 Å². The lowest BCUT2D eigenvalue weighted by Gasteiger charge is -2.08. The van der Waals surface area contributed by atoms with E-state index in [0.717, 1.165) is 4.68 Å². The molecule has 0 unspecified atom stereocenters. The Hall–Kier alpha value is -2.34. The Kier molecular flexibility index (Phi) is 4.94. The molecule has 110 valence electrons. The molecule has 21 heavy (non-hydrogen) atoms. The predicted molar refractivity (Wildman–Crippen MR) is 82.7 cm³/mol. The number of nitrogens with zero attached hydrogens (tertiary/aromatic N) is 2. The first kappa shape index (κ1) is 15.1. The Labute approximate surface area is 126 Å². The fourth-order valence-corrected chi connectivity index (χ4v) is 1.92. The van der Waals surface area contributed by atoms with Gasteiger partial charge in [0.2, 0.25) is 5.91 Å². The van der Waals surface area contributed by atoms with Crippen LogP contribution in [0.4, 0.5) is 11.4 Å². The molecule has 2 N–H and O–H groups in total. The molecule has 7 heteroatoms. The van der Waals surface area contributed by atoms with Crippen molar-refractivity contribution in [3.05, 3.63) is 51.9 Å². The smallest absolute Gasteiger partial charge is 0.269 e. The van der Waals surface area contributed by atoms with Gasteiger partial charge in [0, 0.05) is 12.6 Å². The number of carbonyl (C=O) groups excluding carboxylic acids is 1. The van der Waals surface area contributed by atoms with Crippen LogP contribution in [0, 0.1) is 0 Å². The Morgan fingerprint density at radius 3 is 2.81 bits per heavy atom. The Bertz CT molecular complexity index is 699. The first-order valence-corrected chi connectivity index (χ1v) is 6.83. The monoisotopic (exact) mass is 306 g/mol. The topological polar surface area (TPSA) is 76.0 Å². The van der Waals surface area contributed by atoms with E-state index in [9.17, 15) is 9.59 Å². The molecule has 0 spiro atoms. The fourth-order valence-electron chi connectivity index (χ4n) is 1.74. The molecule has 1 aromatic heterocycles. The molecule has 0 aliphatic rings. The zero-order valence-corrected chi connectivity index (χ0v) is 12.2. The van der Waals surface area contributed by atoms with Crippen molar-refractivity contribution in [2.24, 2.45) is 0 Å². The van der Waals surface area contributed by atoms with Gasteiger partial charge in [-0.3, -0.25) is 9.59 Å². The average molecular weight is 307 g/mol. The van der Waals surface area contributed by atoms with Gasteiger partial charge in [-0.1, -0.05) is 23.7 Å². The second-order valence-corrected chi connectivity index (χ2v) is 4.71. The molecular weight excluding hydrogens is 292 g/mol. The highest BCUT2D eigenvalue weighted by atomic mass is 35.5. The Morgan fingerprint density at radius 1 is 1.38 bits per heavy atom. The van der Waals surface area contributed by atoms with E-state index < -0.39 is 0 Å². The second-order valence-electron chi connectivity index (χ2n) is 4.30. The lowest BCUT2D eigenvalue weighted by molar-refractivity contribution is -0.117. The third-order valence-electron chi connectivity index (χ3n) is 2.69. The molecule has 0 atom stereocenters. The summed E-state index contributed by atoms with van der Waals surface area (Å²) in [6.07, 6.45) is 1.51. The number of hydrogen-bond donors (Lipinski definition) is 2. The Balaban J connectivity index is 2.06. The highest BCUT2D eigenvalue weighted by Gasteiger charge is 2.08. The molecule has 2 rings (SSSR count). The van der Waals surface area contributed by atoms with Gasteiger partial charge >= 0.3 is 0 Å². The number of nitrogens with one attached hydrogen (secondary N) is 2. The molecule has 0 saturated heterocycles. The SMILES string of the molecule is CCNc1cnn(CC(=O)Nc2ccccc2Cl)c(=O)c1. The van der Waals surface area contributed by atoms with Crippen molar-refractivity contribution in [2.75, 3.05) is 17.2 Å². The Morgan fingerprint density at radius 2 is 2.14 bits per heavy atom. The largest absolute Gasteiger partial charge is 0.384 e. The minimum Gasteiger partial charge on any atom is -0.384 e. The minimum atomic E-state index is -0.367. The van der Waals surface area contributed by atoms with Gasteiger partial charge in [-0.05, 0) is 19.1 Å². The van der Waals surface area contributed by atoms with Gasteiger partial charge in [-0.25, -0.2) is 4.68 Å². The molecule has 1 heterocycles. The molecule has 0 aliphatic heterocycles. The number of aromatic nitrogens is 2. The van der Waals surface area contributed by atoms with Crippen LogP contribution in [-0.2, 0) is 11.3 Å². The van der Waals surface area contributed by atoms with Crippen LogP contribution in [0.15, 0.2) is 41.3 Å². The highest BCUT2D eigenvalue weighted by molar-refractivity contribution is 6.33. The van der Waals surface area contributed by atoms with E-state index in [2.05, 4.69) is 15.7 Å². The number of hydrogen-bond acceptors (Lipinski definition) is 4. The van der Waals surface area contributed by atoms with E-state index in [1.165, 1.54) is 12.3 Å². The van der Waals surface area contributed by atoms with E-state index in [4.69, 9.17) is 11.6 Å². The van der Waals surface area contributed by atoms with Gasteiger partial charge in [0.25, 0.3) is 5.56 Å². The number of benzene rings is 1. The average Bonchev–Trinajstić information content (AvgIpc) is 2.45. The summed E-state index contributed by atoms with van der Waals surface area (Å²) in [5, 5.41) is 10.0. The lowest BCUT2D eigenvalue weighted by Crippen LogP contribution is -2.29. The van der Waals surface area contributed by atoms with Gasteiger partial charge in [0.15, 0.2) is 0 Å². The maximum absolute atomic E-state index is 11.9. The summed E-state index contributed by atoms with van der Waals surface area (Å²) in [7, 11) is 0. The zero-order valence-electron chi connectivity index (χ0n) is 11.5. The van der Waals surface area contributed by atoms with Gasteiger partial charge < -0.3 is 10.6 Å². The predicted octanol–water partition coefficient (Wildman–Crippen LogP) is 1.97. The summed E-state index contributed by atoms with van der Waals surface area (Å²) < 4.78 is 1.09. The molecule has 0 bridgehead atoms. The van der Waals surface area contributed by atoms with E-state index in [-0.39, 0.29) is 18.0 Å². The highest BCUT2D eigenvalue weighted by Crippen LogP contribution is 2.20. The van der Waals surface area contributed by atoms with Crippen LogP contribution in [0.3, 0.4) is 0 Å². The van der Waals surface area contributed by atoms with Crippen molar-refractivity contribution in [3.8, 4) is 0 Å². The molecule has 1 amide bonds. The summed E-state index contributed by atoms with van der Waals surface area (Å²) in [6.45, 7) is 2.44. The number of amides is 1. The van der Waals surface area contributed by atoms with Gasteiger partial charge in [-0.15, -0.1) is 0 Å². The van der Waals surface area contributed by atoms with Crippen LogP contribution >= 0.6 is 11.6 Å². The molecule has 0 radical (unpaired) electrons. The van der Waals surface area contributed by atoms with Crippen LogP contribution in [0.2, 0.25) is 5.02 Å². The van der Waals surface area contributed by atoms with Crippen molar-refractivity contribution in [3.63, 3.8) is 0 Å². The maximum atomic E-state index is 11.9. The summed E-state index contributed by atoms with van der Waals surface area (Å²) in [5.74, 6) is -0.367. The van der Waals surface area contributed by atoms with Crippen molar-refractivity contribution < 1.29 is 4.79 Å². The first-order chi connectivity index (χ1) is 10.1. The van der Waals surface area contributed by atoms with Gasteiger partial charge in [0.05, 0.1) is 22.6 Å². The van der Waals surface area contributed by atoms with E-state index in [1.54, 1.807) is 24.3 Å². The molecule has 2 aromatic rings. The number of carbonyl (C=O) groups is 1. The van der Waals surface area contributed by atoms with Crippen LogP contribution in [-0.4, -0.2) is 22.2 Å².